The molecule has 2 rings (SSSR count). The molecule has 1 saturated heterocycles. The topological polar surface area (TPSA) is 38.8 Å². The van der Waals surface area contributed by atoms with Crippen LogP contribution in [0.2, 0.25) is 0 Å². The van der Waals surface area contributed by atoms with E-state index in [-0.39, 0.29) is 13.1 Å². The Bertz CT molecular complexity index is 589. The summed E-state index contributed by atoms with van der Waals surface area (Å²) in [7, 11) is 0. The number of hydrogen-bond acceptors (Lipinski definition) is 3. The summed E-state index contributed by atoms with van der Waals surface area (Å²) in [6.07, 6.45) is -5.90. The van der Waals surface area contributed by atoms with Gasteiger partial charge < -0.3 is 14.4 Å². The second-order valence-electron chi connectivity index (χ2n) is 6.24. The first-order chi connectivity index (χ1) is 10.5. The Morgan fingerprint density at radius 2 is 1.83 bits per heavy atom. The largest absolute Gasteiger partial charge is 0.484 e. The monoisotopic (exact) mass is 335 g/mol. The van der Waals surface area contributed by atoms with E-state index in [9.17, 15) is 22.4 Å². The Balaban J connectivity index is 1.95. The normalized spacial score (nSPS) is 16.0. The standard InChI is InChI=1S/C15H17F4NO3/c1-14(2,3)23-13(21)20-7-9(8-20)22-11-6-4-5-10(12(11)16)15(17,18)19/h4-6,9H,7-8H2,1-3H3. The van der Waals surface area contributed by atoms with Crippen LogP contribution in [0.25, 0.3) is 0 Å². The van der Waals surface area contributed by atoms with Gasteiger partial charge in [-0.25, -0.2) is 9.18 Å². The third-order valence-electron chi connectivity index (χ3n) is 3.06. The zero-order valence-corrected chi connectivity index (χ0v) is 12.9. The number of ether oxygens (including phenoxy) is 2. The van der Waals surface area contributed by atoms with Gasteiger partial charge in [-0.15, -0.1) is 0 Å². The zero-order chi connectivity index (χ0) is 17.4. The molecule has 1 fully saturated rings. The van der Waals surface area contributed by atoms with Crippen LogP contribution in [0.3, 0.4) is 0 Å². The maximum absolute atomic E-state index is 13.8. The van der Waals surface area contributed by atoms with Crippen molar-refractivity contribution in [3.8, 4) is 5.75 Å². The Morgan fingerprint density at radius 1 is 1.22 bits per heavy atom. The van der Waals surface area contributed by atoms with Gasteiger partial charge in [-0.05, 0) is 32.9 Å². The number of carbonyl (C=O) groups is 1. The van der Waals surface area contributed by atoms with Gasteiger partial charge in [-0.2, -0.15) is 13.2 Å². The van der Waals surface area contributed by atoms with Crippen molar-refractivity contribution >= 4 is 6.09 Å². The van der Waals surface area contributed by atoms with Crippen molar-refractivity contribution < 1.29 is 31.8 Å². The molecule has 0 aromatic heterocycles. The molecular weight excluding hydrogens is 318 g/mol. The van der Waals surface area contributed by atoms with Crippen molar-refractivity contribution in [2.45, 2.75) is 38.7 Å². The van der Waals surface area contributed by atoms with E-state index in [0.717, 1.165) is 12.1 Å². The lowest BCUT2D eigenvalue weighted by Crippen LogP contribution is -2.57. The molecule has 1 amide bonds. The average Bonchev–Trinajstić information content (AvgIpc) is 2.30. The fraction of sp³-hybridized carbons (Fsp3) is 0.533. The molecule has 0 unspecified atom stereocenters. The van der Waals surface area contributed by atoms with Gasteiger partial charge in [0.05, 0.1) is 18.7 Å². The second-order valence-corrected chi connectivity index (χ2v) is 6.24. The molecule has 0 N–H and O–H groups in total. The highest BCUT2D eigenvalue weighted by molar-refractivity contribution is 5.69. The smallest absolute Gasteiger partial charge is 0.419 e. The van der Waals surface area contributed by atoms with Crippen LogP contribution in [0.15, 0.2) is 18.2 Å². The molecule has 128 valence electrons. The van der Waals surface area contributed by atoms with E-state index >= 15 is 0 Å². The first-order valence-electron chi connectivity index (χ1n) is 6.97. The minimum Gasteiger partial charge on any atom is -0.484 e. The molecule has 1 aromatic carbocycles. The maximum atomic E-state index is 13.8. The van der Waals surface area contributed by atoms with Gasteiger partial charge in [0.25, 0.3) is 0 Å². The van der Waals surface area contributed by atoms with Crippen molar-refractivity contribution in [3.05, 3.63) is 29.6 Å². The molecular formula is C15H17F4NO3. The second kappa shape index (κ2) is 5.90. The number of benzene rings is 1. The number of alkyl halides is 3. The van der Waals surface area contributed by atoms with Crippen LogP contribution in [0.5, 0.6) is 5.75 Å². The summed E-state index contributed by atoms with van der Waals surface area (Å²) in [4.78, 5) is 13.1. The number of likely N-dealkylation sites (tertiary alicyclic amines) is 1. The van der Waals surface area contributed by atoms with Gasteiger partial charge in [0.15, 0.2) is 11.6 Å². The Morgan fingerprint density at radius 3 is 2.35 bits per heavy atom. The summed E-state index contributed by atoms with van der Waals surface area (Å²) in [6, 6.07) is 2.85. The lowest BCUT2D eigenvalue weighted by atomic mass is 10.1. The molecule has 0 atom stereocenters. The summed E-state index contributed by atoms with van der Waals surface area (Å²) < 4.78 is 62.0. The molecule has 0 bridgehead atoms. The van der Waals surface area contributed by atoms with Crippen molar-refractivity contribution in [3.63, 3.8) is 0 Å². The number of hydrogen-bond donors (Lipinski definition) is 0. The predicted octanol–water partition coefficient (Wildman–Crippen LogP) is 3.84. The van der Waals surface area contributed by atoms with Crippen molar-refractivity contribution in [2.75, 3.05) is 13.1 Å². The summed E-state index contributed by atoms with van der Waals surface area (Å²) in [5, 5.41) is 0. The summed E-state index contributed by atoms with van der Waals surface area (Å²) >= 11 is 0. The molecule has 1 aromatic rings. The van der Waals surface area contributed by atoms with Gasteiger partial charge in [0, 0.05) is 0 Å². The van der Waals surface area contributed by atoms with E-state index in [4.69, 9.17) is 9.47 Å². The third-order valence-corrected chi connectivity index (χ3v) is 3.06. The maximum Gasteiger partial charge on any atom is 0.419 e. The highest BCUT2D eigenvalue weighted by Crippen LogP contribution is 2.35. The molecule has 4 nitrogen and oxygen atoms in total. The van der Waals surface area contributed by atoms with E-state index in [0.29, 0.717) is 6.07 Å². The van der Waals surface area contributed by atoms with Crippen LogP contribution in [0.4, 0.5) is 22.4 Å². The number of amides is 1. The lowest BCUT2D eigenvalue weighted by Gasteiger charge is -2.39. The molecule has 1 heterocycles. The first kappa shape index (κ1) is 17.4. The minimum absolute atomic E-state index is 0.130. The Kier molecular flexibility index (Phi) is 4.45. The fourth-order valence-electron chi connectivity index (χ4n) is 1.99. The van der Waals surface area contributed by atoms with Crippen LogP contribution >= 0.6 is 0 Å². The summed E-state index contributed by atoms with van der Waals surface area (Å²) in [5.74, 6) is -1.93. The quantitative estimate of drug-likeness (QED) is 0.771. The van der Waals surface area contributed by atoms with E-state index in [1.807, 2.05) is 0 Å². The fourth-order valence-corrected chi connectivity index (χ4v) is 1.99. The molecule has 1 aliphatic rings. The van der Waals surface area contributed by atoms with Crippen molar-refractivity contribution in [2.24, 2.45) is 0 Å². The molecule has 0 spiro atoms. The molecule has 0 aliphatic carbocycles. The predicted molar refractivity (Wildman–Crippen MR) is 73.6 cm³/mol. The van der Waals surface area contributed by atoms with E-state index < -0.39 is 41.1 Å². The SMILES string of the molecule is CC(C)(C)OC(=O)N1CC(Oc2cccc(C(F)(F)F)c2F)C1. The average molecular weight is 335 g/mol. The molecule has 8 heteroatoms. The number of rotatable bonds is 2. The van der Waals surface area contributed by atoms with E-state index in [2.05, 4.69) is 0 Å². The highest BCUT2D eigenvalue weighted by Gasteiger charge is 2.38. The number of nitrogens with zero attached hydrogens (tertiary/aromatic N) is 1. The zero-order valence-electron chi connectivity index (χ0n) is 12.9. The van der Waals surface area contributed by atoms with Crippen molar-refractivity contribution in [1.29, 1.82) is 0 Å². The molecule has 0 saturated carbocycles. The Labute approximate surface area is 131 Å². The molecule has 0 radical (unpaired) electrons. The van der Waals surface area contributed by atoms with Crippen LogP contribution in [-0.2, 0) is 10.9 Å². The number of carbonyl (C=O) groups excluding carboxylic acids is 1. The first-order valence-corrected chi connectivity index (χ1v) is 6.97. The third kappa shape index (κ3) is 4.27. The van der Waals surface area contributed by atoms with Gasteiger partial charge in [-0.1, -0.05) is 6.07 Å². The highest BCUT2D eigenvalue weighted by atomic mass is 19.4. The van der Waals surface area contributed by atoms with Crippen LogP contribution in [-0.4, -0.2) is 35.8 Å². The van der Waals surface area contributed by atoms with E-state index in [1.165, 1.54) is 4.90 Å². The van der Waals surface area contributed by atoms with Crippen LogP contribution in [0, 0.1) is 5.82 Å². The molecule has 1 aliphatic heterocycles. The van der Waals surface area contributed by atoms with Gasteiger partial charge in [-0.3, -0.25) is 0 Å². The van der Waals surface area contributed by atoms with Gasteiger partial charge in [0.1, 0.15) is 11.7 Å². The molecule has 23 heavy (non-hydrogen) atoms. The summed E-state index contributed by atoms with van der Waals surface area (Å²) in [6.45, 7) is 5.42. The van der Waals surface area contributed by atoms with Crippen LogP contribution < -0.4 is 4.74 Å². The Hall–Kier alpha value is -1.99. The summed E-state index contributed by atoms with van der Waals surface area (Å²) in [5.41, 5.74) is -2.02. The minimum atomic E-state index is -4.79. The van der Waals surface area contributed by atoms with Gasteiger partial charge >= 0.3 is 12.3 Å². The van der Waals surface area contributed by atoms with Gasteiger partial charge in [0.2, 0.25) is 0 Å². The number of halogens is 4. The van der Waals surface area contributed by atoms with E-state index in [1.54, 1.807) is 20.8 Å². The lowest BCUT2D eigenvalue weighted by molar-refractivity contribution is -0.140. The van der Waals surface area contributed by atoms with Crippen molar-refractivity contribution in [1.82, 2.24) is 4.90 Å². The van der Waals surface area contributed by atoms with Crippen LogP contribution in [0.1, 0.15) is 26.3 Å².